The van der Waals surface area contributed by atoms with Gasteiger partial charge in [0.15, 0.2) is 0 Å². The van der Waals surface area contributed by atoms with Gasteiger partial charge in [0, 0.05) is 24.3 Å². The zero-order valence-electron chi connectivity index (χ0n) is 17.0. The topological polar surface area (TPSA) is 99.3 Å². The van der Waals surface area contributed by atoms with Crippen LogP contribution in [0.4, 0.5) is 16.2 Å². The molecule has 0 saturated carbocycles. The number of hydrogen-bond acceptors (Lipinski definition) is 4. The van der Waals surface area contributed by atoms with Crippen LogP contribution in [0.1, 0.15) is 37.8 Å². The predicted octanol–water partition coefficient (Wildman–Crippen LogP) is 3.56. The van der Waals surface area contributed by atoms with E-state index in [1.807, 2.05) is 56.3 Å². The number of anilines is 2. The second-order valence-electron chi connectivity index (χ2n) is 6.80. The van der Waals surface area contributed by atoms with E-state index in [4.69, 9.17) is 0 Å². The summed E-state index contributed by atoms with van der Waals surface area (Å²) >= 11 is 0. The Balaban J connectivity index is 1.90. The predicted molar refractivity (Wildman–Crippen MR) is 115 cm³/mol. The standard InChI is InChI=1S/C22H28N4O3/c1-4-9-20(27)25-19-13-8-12-18(15(19)2)24-16(3)21(28)26-22(29)23-14-17-10-6-5-7-11-17/h5-8,10-13,16,24H,4,9,14H2,1-3H3,(H,25,27)(H2,23,26,28,29). The number of nitrogens with one attached hydrogen (secondary N) is 4. The van der Waals surface area contributed by atoms with E-state index in [1.54, 1.807) is 13.0 Å². The molecular formula is C22H28N4O3. The molecule has 0 aliphatic carbocycles. The van der Waals surface area contributed by atoms with Gasteiger partial charge in [-0.3, -0.25) is 14.9 Å². The summed E-state index contributed by atoms with van der Waals surface area (Å²) in [5.74, 6) is -0.496. The quantitative estimate of drug-likeness (QED) is 0.548. The van der Waals surface area contributed by atoms with E-state index >= 15 is 0 Å². The average molecular weight is 396 g/mol. The van der Waals surface area contributed by atoms with Crippen molar-refractivity contribution in [2.45, 2.75) is 46.2 Å². The number of rotatable bonds is 8. The minimum atomic E-state index is -0.641. The maximum atomic E-state index is 12.3. The van der Waals surface area contributed by atoms with Gasteiger partial charge in [0.05, 0.1) is 0 Å². The van der Waals surface area contributed by atoms with E-state index in [1.165, 1.54) is 0 Å². The lowest BCUT2D eigenvalue weighted by Crippen LogP contribution is -2.45. The molecule has 0 spiro atoms. The summed E-state index contributed by atoms with van der Waals surface area (Å²) in [6.45, 7) is 5.81. The lowest BCUT2D eigenvalue weighted by molar-refractivity contribution is -0.120. The maximum absolute atomic E-state index is 12.3. The van der Waals surface area contributed by atoms with Crippen LogP contribution < -0.4 is 21.3 Å². The van der Waals surface area contributed by atoms with Crippen molar-refractivity contribution in [3.8, 4) is 0 Å². The van der Waals surface area contributed by atoms with Crippen molar-refractivity contribution in [3.05, 3.63) is 59.7 Å². The third-order valence-electron chi connectivity index (χ3n) is 4.38. The fraction of sp³-hybridized carbons (Fsp3) is 0.318. The molecule has 0 saturated heterocycles. The van der Waals surface area contributed by atoms with Gasteiger partial charge in [0.25, 0.3) is 0 Å². The van der Waals surface area contributed by atoms with E-state index < -0.39 is 18.0 Å². The SMILES string of the molecule is CCCC(=O)Nc1cccc(NC(C)C(=O)NC(=O)NCc2ccccc2)c1C. The molecule has 0 aliphatic rings. The number of benzene rings is 2. The van der Waals surface area contributed by atoms with E-state index in [0.717, 1.165) is 17.5 Å². The molecule has 7 heteroatoms. The Morgan fingerprint density at radius 3 is 2.34 bits per heavy atom. The molecule has 7 nitrogen and oxygen atoms in total. The minimum Gasteiger partial charge on any atom is -0.374 e. The summed E-state index contributed by atoms with van der Waals surface area (Å²) in [7, 11) is 0. The van der Waals surface area contributed by atoms with Crippen molar-refractivity contribution in [2.75, 3.05) is 10.6 Å². The fourth-order valence-electron chi connectivity index (χ4n) is 2.71. The second-order valence-corrected chi connectivity index (χ2v) is 6.80. The summed E-state index contributed by atoms with van der Waals surface area (Å²) in [4.78, 5) is 36.1. The minimum absolute atomic E-state index is 0.0476. The summed E-state index contributed by atoms with van der Waals surface area (Å²) in [5, 5.41) is 11.0. The van der Waals surface area contributed by atoms with Crippen molar-refractivity contribution in [2.24, 2.45) is 0 Å². The molecule has 0 heterocycles. The molecule has 0 bridgehead atoms. The van der Waals surface area contributed by atoms with Crippen LogP contribution in [-0.2, 0) is 16.1 Å². The number of carbonyl (C=O) groups is 3. The van der Waals surface area contributed by atoms with Crippen molar-refractivity contribution >= 4 is 29.2 Å². The highest BCUT2D eigenvalue weighted by Crippen LogP contribution is 2.24. The zero-order valence-corrected chi connectivity index (χ0v) is 17.0. The molecular weight excluding hydrogens is 368 g/mol. The first-order valence-corrected chi connectivity index (χ1v) is 9.69. The molecule has 2 aromatic carbocycles. The van der Waals surface area contributed by atoms with Crippen LogP contribution >= 0.6 is 0 Å². The molecule has 0 radical (unpaired) electrons. The molecule has 1 unspecified atom stereocenters. The van der Waals surface area contributed by atoms with E-state index in [0.29, 0.717) is 24.3 Å². The van der Waals surface area contributed by atoms with Crippen LogP contribution in [0.5, 0.6) is 0 Å². The number of imide groups is 1. The smallest absolute Gasteiger partial charge is 0.321 e. The van der Waals surface area contributed by atoms with Gasteiger partial charge in [0.1, 0.15) is 6.04 Å². The van der Waals surface area contributed by atoms with E-state index in [-0.39, 0.29) is 5.91 Å². The number of urea groups is 1. The van der Waals surface area contributed by atoms with Gasteiger partial charge in [-0.1, -0.05) is 43.3 Å². The highest BCUT2D eigenvalue weighted by atomic mass is 16.2. The third-order valence-corrected chi connectivity index (χ3v) is 4.38. The highest BCUT2D eigenvalue weighted by Gasteiger charge is 2.17. The number of carbonyl (C=O) groups excluding carboxylic acids is 3. The molecule has 4 amide bonds. The van der Waals surface area contributed by atoms with Gasteiger partial charge in [-0.25, -0.2) is 4.79 Å². The average Bonchev–Trinajstić information content (AvgIpc) is 2.70. The molecule has 1 atom stereocenters. The lowest BCUT2D eigenvalue weighted by atomic mass is 10.1. The van der Waals surface area contributed by atoms with E-state index in [9.17, 15) is 14.4 Å². The number of hydrogen-bond donors (Lipinski definition) is 4. The summed E-state index contributed by atoms with van der Waals surface area (Å²) in [5.41, 5.74) is 3.18. The Hall–Kier alpha value is -3.35. The first-order chi connectivity index (χ1) is 13.9. The fourth-order valence-corrected chi connectivity index (χ4v) is 2.71. The van der Waals surface area contributed by atoms with Crippen LogP contribution in [0.25, 0.3) is 0 Å². The summed E-state index contributed by atoms with van der Waals surface area (Å²) < 4.78 is 0. The summed E-state index contributed by atoms with van der Waals surface area (Å²) in [6.07, 6.45) is 1.22. The largest absolute Gasteiger partial charge is 0.374 e. The molecule has 0 aliphatic heterocycles. The van der Waals surface area contributed by atoms with Gasteiger partial charge in [-0.15, -0.1) is 0 Å². The van der Waals surface area contributed by atoms with Crippen LogP contribution in [0.3, 0.4) is 0 Å². The lowest BCUT2D eigenvalue weighted by Gasteiger charge is -2.18. The Bertz CT molecular complexity index is 852. The zero-order chi connectivity index (χ0) is 21.2. The van der Waals surface area contributed by atoms with Gasteiger partial charge >= 0.3 is 6.03 Å². The normalized spacial score (nSPS) is 11.3. The molecule has 2 rings (SSSR count). The maximum Gasteiger partial charge on any atom is 0.321 e. The van der Waals surface area contributed by atoms with Gasteiger partial charge in [0.2, 0.25) is 11.8 Å². The Kier molecular flexibility index (Phi) is 8.21. The van der Waals surface area contributed by atoms with Crippen LogP contribution in [0, 0.1) is 6.92 Å². The van der Waals surface area contributed by atoms with Gasteiger partial charge < -0.3 is 16.0 Å². The van der Waals surface area contributed by atoms with Crippen molar-refractivity contribution in [1.82, 2.24) is 10.6 Å². The third kappa shape index (κ3) is 6.95. The number of amides is 4. The first kappa shape index (κ1) is 21.9. The monoisotopic (exact) mass is 396 g/mol. The van der Waals surface area contributed by atoms with Crippen molar-refractivity contribution in [3.63, 3.8) is 0 Å². The van der Waals surface area contributed by atoms with Gasteiger partial charge in [-0.05, 0) is 43.5 Å². The Morgan fingerprint density at radius 1 is 0.966 bits per heavy atom. The Labute approximate surface area is 171 Å². The van der Waals surface area contributed by atoms with Crippen LogP contribution in [-0.4, -0.2) is 23.9 Å². The molecule has 29 heavy (non-hydrogen) atoms. The molecule has 0 aromatic heterocycles. The van der Waals surface area contributed by atoms with Crippen LogP contribution in [0.2, 0.25) is 0 Å². The van der Waals surface area contributed by atoms with Crippen LogP contribution in [0.15, 0.2) is 48.5 Å². The van der Waals surface area contributed by atoms with Gasteiger partial charge in [-0.2, -0.15) is 0 Å². The summed E-state index contributed by atoms with van der Waals surface area (Å²) in [6, 6.07) is 13.7. The van der Waals surface area contributed by atoms with E-state index in [2.05, 4.69) is 21.3 Å². The van der Waals surface area contributed by atoms with Crippen molar-refractivity contribution in [1.29, 1.82) is 0 Å². The molecule has 4 N–H and O–H groups in total. The molecule has 0 fully saturated rings. The van der Waals surface area contributed by atoms with Crippen molar-refractivity contribution < 1.29 is 14.4 Å². The Morgan fingerprint density at radius 2 is 1.66 bits per heavy atom. The highest BCUT2D eigenvalue weighted by molar-refractivity contribution is 5.98. The first-order valence-electron chi connectivity index (χ1n) is 9.69. The second kappa shape index (κ2) is 10.8. The molecule has 154 valence electrons. The molecule has 2 aromatic rings.